The normalized spacial score (nSPS) is 14.8. The number of hydrogen-bond acceptors (Lipinski definition) is 0. The molecule has 37 heavy (non-hydrogen) atoms. The van der Waals surface area contributed by atoms with E-state index in [2.05, 4.69) is 106 Å². The van der Waals surface area contributed by atoms with Crippen LogP contribution < -0.4 is 10.4 Å². The van der Waals surface area contributed by atoms with Gasteiger partial charge in [-0.15, -0.1) is 0 Å². The lowest BCUT2D eigenvalue weighted by Crippen LogP contribution is -2.35. The third-order valence-corrected chi connectivity index (χ3v) is 8.49. The molecular formula is C37H50. The second-order valence-corrected chi connectivity index (χ2v) is 13.6. The molecule has 0 aromatic heterocycles. The first-order chi connectivity index (χ1) is 17.4. The van der Waals surface area contributed by atoms with Gasteiger partial charge in [-0.1, -0.05) is 98.1 Å². The summed E-state index contributed by atoms with van der Waals surface area (Å²) < 4.78 is 0. The molecule has 0 bridgehead atoms. The molecular weight excluding hydrogens is 444 g/mol. The molecule has 0 saturated carbocycles. The van der Waals surface area contributed by atoms with Crippen molar-refractivity contribution in [3.63, 3.8) is 0 Å². The molecule has 4 rings (SSSR count). The van der Waals surface area contributed by atoms with E-state index in [0.29, 0.717) is 0 Å². The van der Waals surface area contributed by atoms with Crippen LogP contribution in [0.1, 0.15) is 128 Å². The van der Waals surface area contributed by atoms with Gasteiger partial charge < -0.3 is 0 Å². The zero-order valence-electron chi connectivity index (χ0n) is 25.4. The average molecular weight is 495 g/mol. The Balaban J connectivity index is 2.25. The minimum absolute atomic E-state index is 0.100. The molecule has 0 saturated heterocycles. The maximum atomic E-state index is 2.57. The molecule has 0 heteroatoms. The fourth-order valence-corrected chi connectivity index (χ4v) is 6.68. The molecule has 0 heterocycles. The molecule has 0 unspecified atom stereocenters. The van der Waals surface area contributed by atoms with E-state index >= 15 is 0 Å². The lowest BCUT2D eigenvalue weighted by molar-refractivity contribution is 0.584. The number of benzene rings is 2. The molecule has 0 atom stereocenters. The summed E-state index contributed by atoms with van der Waals surface area (Å²) in [7, 11) is 0. The van der Waals surface area contributed by atoms with Crippen LogP contribution in [0.15, 0.2) is 42.0 Å². The summed E-state index contributed by atoms with van der Waals surface area (Å²) in [5.74, 6) is 0. The predicted molar refractivity (Wildman–Crippen MR) is 165 cm³/mol. The monoisotopic (exact) mass is 494 g/mol. The van der Waals surface area contributed by atoms with Crippen molar-refractivity contribution in [2.24, 2.45) is 0 Å². The second kappa shape index (κ2) is 10.4. The molecule has 0 N–H and O–H groups in total. The van der Waals surface area contributed by atoms with Gasteiger partial charge in [-0.05, 0) is 129 Å². The molecule has 2 aliphatic carbocycles. The molecule has 0 amide bonds. The van der Waals surface area contributed by atoms with E-state index < -0.39 is 0 Å². The Bertz CT molecular complexity index is 1360. The van der Waals surface area contributed by atoms with Crippen LogP contribution in [-0.2, 0) is 10.8 Å². The predicted octanol–water partition coefficient (Wildman–Crippen LogP) is 9.50. The van der Waals surface area contributed by atoms with Crippen molar-refractivity contribution in [2.45, 2.75) is 125 Å². The van der Waals surface area contributed by atoms with Crippen molar-refractivity contribution in [1.29, 1.82) is 0 Å². The highest BCUT2D eigenvalue weighted by Crippen LogP contribution is 2.42. The third-order valence-electron chi connectivity index (χ3n) is 8.49. The fourth-order valence-electron chi connectivity index (χ4n) is 6.68. The van der Waals surface area contributed by atoms with E-state index in [1.54, 1.807) is 10.8 Å². The lowest BCUT2D eigenvalue weighted by Gasteiger charge is -2.25. The van der Waals surface area contributed by atoms with Crippen LogP contribution in [0, 0.1) is 13.8 Å². The van der Waals surface area contributed by atoms with Gasteiger partial charge in [0, 0.05) is 0 Å². The molecule has 0 fully saturated rings. The van der Waals surface area contributed by atoms with E-state index in [4.69, 9.17) is 0 Å². The van der Waals surface area contributed by atoms with Crippen LogP contribution in [0.3, 0.4) is 0 Å². The molecule has 0 aliphatic heterocycles. The number of allylic oxidation sites excluding steroid dienone is 4. The summed E-state index contributed by atoms with van der Waals surface area (Å²) in [4.78, 5) is 0. The zero-order valence-corrected chi connectivity index (χ0v) is 25.4. The van der Waals surface area contributed by atoms with E-state index in [1.165, 1.54) is 93.8 Å². The smallest absolute Gasteiger partial charge is 0.00211 e. The van der Waals surface area contributed by atoms with Crippen molar-refractivity contribution in [3.05, 3.63) is 80.3 Å². The van der Waals surface area contributed by atoms with Crippen LogP contribution in [0.4, 0.5) is 0 Å². The summed E-state index contributed by atoms with van der Waals surface area (Å²) >= 11 is 0. The Morgan fingerprint density at radius 3 is 1.86 bits per heavy atom. The standard InChI is InChI=1S/C37H50/c1-11-13-17-26(18-14-12-2)33-25(4)32(37(8,9)10)23-30-28-22-31(36(5,6)7)24(3)21-29(28)34(35(30)33)27-19-15-16-20-27/h15-16,19,21-23H,11-14,17-18,20H2,1-10H3. The van der Waals surface area contributed by atoms with Crippen LogP contribution in [0.2, 0.25) is 0 Å². The van der Waals surface area contributed by atoms with Crippen LogP contribution in [0.25, 0.3) is 22.3 Å². The van der Waals surface area contributed by atoms with Crippen LogP contribution in [-0.4, -0.2) is 0 Å². The maximum Gasteiger partial charge on any atom is -0.00211 e. The third kappa shape index (κ3) is 5.19. The van der Waals surface area contributed by atoms with Gasteiger partial charge >= 0.3 is 0 Å². The summed E-state index contributed by atoms with van der Waals surface area (Å²) in [6, 6.07) is 7.63. The molecule has 198 valence electrons. The minimum atomic E-state index is 0.100. The van der Waals surface area contributed by atoms with Gasteiger partial charge in [0.05, 0.1) is 0 Å². The molecule has 0 radical (unpaired) electrons. The van der Waals surface area contributed by atoms with Crippen molar-refractivity contribution >= 4 is 11.1 Å². The zero-order chi connectivity index (χ0) is 27.1. The van der Waals surface area contributed by atoms with Gasteiger partial charge in [-0.2, -0.15) is 0 Å². The van der Waals surface area contributed by atoms with E-state index in [1.807, 2.05) is 0 Å². The van der Waals surface area contributed by atoms with Gasteiger partial charge in [0.1, 0.15) is 0 Å². The number of aryl methyl sites for hydroxylation is 1. The van der Waals surface area contributed by atoms with E-state index in [0.717, 1.165) is 6.42 Å². The summed E-state index contributed by atoms with van der Waals surface area (Å²) in [6.45, 7) is 23.6. The average Bonchev–Trinajstić information content (AvgIpc) is 3.43. The van der Waals surface area contributed by atoms with Gasteiger partial charge in [0.25, 0.3) is 0 Å². The number of fused-ring (bicyclic) bond motifs is 3. The minimum Gasteiger partial charge on any atom is -0.0801 e. The summed E-state index contributed by atoms with van der Waals surface area (Å²) in [5, 5.41) is 3.11. The second-order valence-electron chi connectivity index (χ2n) is 13.6. The Hall–Kier alpha value is -2.34. The first-order valence-corrected chi connectivity index (χ1v) is 14.8. The van der Waals surface area contributed by atoms with Gasteiger partial charge in [-0.3, -0.25) is 0 Å². The van der Waals surface area contributed by atoms with Crippen LogP contribution >= 0.6 is 0 Å². The Morgan fingerprint density at radius 1 is 0.757 bits per heavy atom. The first kappa shape index (κ1) is 27.7. The summed E-state index contributed by atoms with van der Waals surface area (Å²) in [6.07, 6.45) is 15.4. The molecule has 0 nitrogen and oxygen atoms in total. The summed E-state index contributed by atoms with van der Waals surface area (Å²) in [5.41, 5.74) is 15.2. The Labute approximate surface area is 227 Å². The SMILES string of the molecule is CCCCC(CCCC)=c1c(C)c(C(C)(C)C)cc2c1=C(C1=CC=CC1)c1cc(C)c(C(C)(C)C)cc1-2. The van der Waals surface area contributed by atoms with Crippen molar-refractivity contribution in [3.8, 4) is 11.1 Å². The van der Waals surface area contributed by atoms with Crippen molar-refractivity contribution in [2.75, 3.05) is 0 Å². The lowest BCUT2D eigenvalue weighted by atomic mass is 9.79. The molecule has 0 spiro atoms. The number of unbranched alkanes of at least 4 members (excludes halogenated alkanes) is 2. The highest BCUT2D eigenvalue weighted by molar-refractivity contribution is 5.97. The number of rotatable bonds is 7. The number of hydrogen-bond donors (Lipinski definition) is 0. The molecule has 2 aromatic rings. The van der Waals surface area contributed by atoms with Gasteiger partial charge in [0.15, 0.2) is 0 Å². The Kier molecular flexibility index (Phi) is 7.81. The van der Waals surface area contributed by atoms with E-state index in [-0.39, 0.29) is 10.8 Å². The quantitative estimate of drug-likeness (QED) is 0.359. The molecule has 2 aromatic carbocycles. The van der Waals surface area contributed by atoms with Crippen molar-refractivity contribution < 1.29 is 0 Å². The highest BCUT2D eigenvalue weighted by Gasteiger charge is 2.30. The van der Waals surface area contributed by atoms with E-state index in [9.17, 15) is 0 Å². The fraction of sp³-hybridized carbons (Fsp3) is 0.514. The van der Waals surface area contributed by atoms with Crippen LogP contribution in [0.5, 0.6) is 0 Å². The van der Waals surface area contributed by atoms with Crippen molar-refractivity contribution in [1.82, 2.24) is 0 Å². The van der Waals surface area contributed by atoms with Gasteiger partial charge in [-0.25, -0.2) is 0 Å². The Morgan fingerprint density at radius 2 is 1.35 bits per heavy atom. The topological polar surface area (TPSA) is 0 Å². The largest absolute Gasteiger partial charge is 0.0801 e. The van der Waals surface area contributed by atoms with Gasteiger partial charge in [0.2, 0.25) is 0 Å². The maximum absolute atomic E-state index is 2.57. The molecule has 2 aliphatic rings. The first-order valence-electron chi connectivity index (χ1n) is 14.8. The highest BCUT2D eigenvalue weighted by atomic mass is 14.3.